The van der Waals surface area contributed by atoms with Gasteiger partial charge in [0.1, 0.15) is 19.3 Å². The molecule has 0 aromatic heterocycles. The molecule has 32 heavy (non-hydrogen) atoms. The van der Waals surface area contributed by atoms with Crippen molar-refractivity contribution in [2.45, 2.75) is 103 Å². The summed E-state index contributed by atoms with van der Waals surface area (Å²) in [5.41, 5.74) is 0. The van der Waals surface area contributed by atoms with Crippen LogP contribution in [0.3, 0.4) is 0 Å². The summed E-state index contributed by atoms with van der Waals surface area (Å²) in [6.07, 6.45) is 15.9. The van der Waals surface area contributed by atoms with Gasteiger partial charge in [0.2, 0.25) is 0 Å². The van der Waals surface area contributed by atoms with Crippen molar-refractivity contribution in [3.05, 3.63) is 12.3 Å². The monoisotopic (exact) mass is 477 g/mol. The molecule has 188 valence electrons. The molecule has 1 N–H and O–H groups in total. The largest absolute Gasteiger partial charge is 0.698 e. The molecular formula is C24H48NO6P+2. The fourth-order valence-corrected chi connectivity index (χ4v) is 4.21. The van der Waals surface area contributed by atoms with Crippen molar-refractivity contribution in [1.82, 2.24) is 0 Å². The lowest BCUT2D eigenvalue weighted by atomic mass is 10.0. The van der Waals surface area contributed by atoms with Crippen molar-refractivity contribution in [3.63, 3.8) is 0 Å². The van der Waals surface area contributed by atoms with Gasteiger partial charge >= 0.3 is 14.2 Å². The zero-order valence-electron chi connectivity index (χ0n) is 21.1. The van der Waals surface area contributed by atoms with Gasteiger partial charge in [-0.3, -0.25) is 4.79 Å². The Balaban J connectivity index is 4.24. The maximum atomic E-state index is 12.3. The zero-order chi connectivity index (χ0) is 24.2. The smallest absolute Gasteiger partial charge is 0.496 e. The van der Waals surface area contributed by atoms with Crippen LogP contribution in [0.2, 0.25) is 0 Å². The van der Waals surface area contributed by atoms with Crippen LogP contribution in [0.1, 0.15) is 90.9 Å². The summed E-state index contributed by atoms with van der Waals surface area (Å²) < 4.78 is 29.3. The molecule has 0 aromatic rings. The van der Waals surface area contributed by atoms with Crippen LogP contribution in [-0.4, -0.2) is 62.1 Å². The lowest BCUT2D eigenvalue weighted by Gasteiger charge is -2.25. The summed E-state index contributed by atoms with van der Waals surface area (Å²) in [4.78, 5) is 11.1. The molecule has 0 bridgehead atoms. The van der Waals surface area contributed by atoms with Gasteiger partial charge in [-0.25, -0.2) is 0 Å². The molecule has 0 saturated carbocycles. The number of hydrogen-bond acceptors (Lipinski definition) is 5. The number of allylic oxidation sites excluding steroid dienone is 1. The average Bonchev–Trinajstić information content (AvgIpc) is 2.69. The van der Waals surface area contributed by atoms with E-state index in [1.54, 1.807) is 6.26 Å². The molecule has 0 aliphatic heterocycles. The second-order valence-electron chi connectivity index (χ2n) is 9.52. The van der Waals surface area contributed by atoms with Gasteiger partial charge in [0.05, 0.1) is 33.8 Å². The van der Waals surface area contributed by atoms with Gasteiger partial charge in [-0.15, -0.1) is 9.05 Å². The Morgan fingerprint density at radius 2 is 1.53 bits per heavy atom. The highest BCUT2D eigenvalue weighted by molar-refractivity contribution is 7.33. The van der Waals surface area contributed by atoms with Crippen LogP contribution < -0.4 is 0 Å². The first kappa shape index (κ1) is 31.0. The van der Waals surface area contributed by atoms with Gasteiger partial charge in [0, 0.05) is 4.57 Å². The van der Waals surface area contributed by atoms with Crippen molar-refractivity contribution in [2.24, 2.45) is 0 Å². The van der Waals surface area contributed by atoms with E-state index in [2.05, 4.69) is 6.92 Å². The molecule has 0 saturated heterocycles. The van der Waals surface area contributed by atoms with Crippen LogP contribution in [-0.2, 0) is 23.1 Å². The molecule has 0 rings (SSSR count). The van der Waals surface area contributed by atoms with Gasteiger partial charge in [0.25, 0.3) is 0 Å². The molecule has 0 fully saturated rings. The first-order valence-electron chi connectivity index (χ1n) is 12.2. The number of carbonyl (C=O) groups is 1. The minimum absolute atomic E-state index is 0.154. The van der Waals surface area contributed by atoms with Crippen LogP contribution in [0.4, 0.5) is 0 Å². The third-order valence-corrected chi connectivity index (χ3v) is 5.87. The van der Waals surface area contributed by atoms with Crippen LogP contribution in [0.5, 0.6) is 0 Å². The highest BCUT2D eigenvalue weighted by atomic mass is 31.1. The molecule has 0 aliphatic carbocycles. The van der Waals surface area contributed by atoms with Gasteiger partial charge in [0.15, 0.2) is 6.10 Å². The van der Waals surface area contributed by atoms with E-state index in [0.29, 0.717) is 11.0 Å². The van der Waals surface area contributed by atoms with Crippen molar-refractivity contribution in [1.29, 1.82) is 0 Å². The van der Waals surface area contributed by atoms with Crippen molar-refractivity contribution in [2.75, 3.05) is 34.3 Å². The number of aliphatic carboxylic acids is 1. The van der Waals surface area contributed by atoms with Crippen LogP contribution in [0, 0.1) is 0 Å². The SMILES string of the molecule is CC=COC(CCCCCCCCCCCC)CO[P+](=O)OC(CC(=O)O)C[N+](C)(C)C. The minimum Gasteiger partial charge on any atom is -0.496 e. The van der Waals surface area contributed by atoms with Gasteiger partial charge in [-0.05, 0) is 19.8 Å². The molecule has 0 radical (unpaired) electrons. The number of nitrogens with zero attached hydrogens (tertiary/aromatic N) is 1. The average molecular weight is 478 g/mol. The van der Waals surface area contributed by atoms with Crippen LogP contribution >= 0.6 is 8.25 Å². The Morgan fingerprint density at radius 1 is 0.969 bits per heavy atom. The van der Waals surface area contributed by atoms with E-state index in [0.717, 1.165) is 19.3 Å². The molecule has 0 spiro atoms. The standard InChI is InChI=1S/C24H47NO6P/c1-6-8-9-10-11-12-13-14-15-16-17-22(29-18-7-2)21-30-32(28)31-23(19-24(26)27)20-25(3,4)5/h7,18,22-23H,6,8-17,19-21H2,1-5H3/q+1/p+1. The number of unbranched alkanes of at least 4 members (excludes halogenated alkanes) is 9. The maximum absolute atomic E-state index is 12.3. The molecule has 3 atom stereocenters. The Bertz CT molecular complexity index is 521. The van der Waals surface area contributed by atoms with E-state index >= 15 is 0 Å². The highest BCUT2D eigenvalue weighted by Gasteiger charge is 2.34. The number of carboxylic acids is 1. The third kappa shape index (κ3) is 20.9. The Labute approximate surface area is 197 Å². The number of likely N-dealkylation sites (N-methyl/N-ethyl adjacent to an activating group) is 1. The molecule has 3 unspecified atom stereocenters. The van der Waals surface area contributed by atoms with Crippen LogP contribution in [0.15, 0.2) is 12.3 Å². The first-order valence-corrected chi connectivity index (χ1v) is 13.3. The van der Waals surface area contributed by atoms with E-state index < -0.39 is 20.3 Å². The Kier molecular flexibility index (Phi) is 18.8. The molecule has 8 heteroatoms. The maximum Gasteiger partial charge on any atom is 0.698 e. The molecule has 0 aliphatic rings. The van der Waals surface area contributed by atoms with E-state index in [-0.39, 0.29) is 19.1 Å². The number of carboxylic acid groups (broad SMARTS) is 1. The minimum atomic E-state index is -2.41. The molecular weight excluding hydrogens is 429 g/mol. The zero-order valence-corrected chi connectivity index (χ0v) is 22.0. The summed E-state index contributed by atoms with van der Waals surface area (Å²) in [7, 11) is 3.38. The second kappa shape index (κ2) is 19.5. The fourth-order valence-electron chi connectivity index (χ4n) is 3.48. The number of ether oxygens (including phenoxy) is 1. The number of quaternary nitrogens is 1. The predicted molar refractivity (Wildman–Crippen MR) is 130 cm³/mol. The molecule has 7 nitrogen and oxygen atoms in total. The Hall–Kier alpha value is -1.01. The highest BCUT2D eigenvalue weighted by Crippen LogP contribution is 2.29. The summed E-state index contributed by atoms with van der Waals surface area (Å²) in [5.74, 6) is -0.984. The molecule has 0 heterocycles. The van der Waals surface area contributed by atoms with Gasteiger partial charge < -0.3 is 14.3 Å². The van der Waals surface area contributed by atoms with E-state index in [4.69, 9.17) is 18.9 Å². The van der Waals surface area contributed by atoms with E-state index in [1.165, 1.54) is 51.4 Å². The predicted octanol–water partition coefficient (Wildman–Crippen LogP) is 6.46. The summed E-state index contributed by atoms with van der Waals surface area (Å²) in [6.45, 7) is 4.70. The lowest BCUT2D eigenvalue weighted by molar-refractivity contribution is -0.873. The second-order valence-corrected chi connectivity index (χ2v) is 10.4. The topological polar surface area (TPSA) is 82.1 Å². The van der Waals surface area contributed by atoms with E-state index in [9.17, 15) is 9.36 Å². The summed E-state index contributed by atoms with van der Waals surface area (Å²) in [5, 5.41) is 9.08. The van der Waals surface area contributed by atoms with Crippen LogP contribution in [0.25, 0.3) is 0 Å². The summed E-state index contributed by atoms with van der Waals surface area (Å²) >= 11 is 0. The van der Waals surface area contributed by atoms with Crippen molar-refractivity contribution < 1.29 is 32.7 Å². The van der Waals surface area contributed by atoms with E-state index in [1.807, 2.05) is 34.1 Å². The van der Waals surface area contributed by atoms with Crippen molar-refractivity contribution >= 4 is 14.2 Å². The Morgan fingerprint density at radius 3 is 2.03 bits per heavy atom. The molecule has 0 amide bonds. The lowest BCUT2D eigenvalue weighted by Crippen LogP contribution is -2.42. The number of hydrogen-bond donors (Lipinski definition) is 1. The first-order chi connectivity index (χ1) is 15.2. The van der Waals surface area contributed by atoms with Gasteiger partial charge in [-0.1, -0.05) is 70.8 Å². The normalized spacial score (nSPS) is 14.5. The fraction of sp³-hybridized carbons (Fsp3) is 0.875. The number of rotatable bonds is 22. The third-order valence-electron chi connectivity index (χ3n) is 5.04. The van der Waals surface area contributed by atoms with Crippen molar-refractivity contribution in [3.8, 4) is 0 Å². The quantitative estimate of drug-likeness (QED) is 0.0834. The van der Waals surface area contributed by atoms with Gasteiger partial charge in [-0.2, -0.15) is 0 Å². The molecule has 0 aromatic carbocycles. The summed E-state index contributed by atoms with van der Waals surface area (Å²) in [6, 6.07) is 0.